The molecule has 0 aliphatic heterocycles. The Balaban J connectivity index is 4.19. The molecule has 0 aromatic rings. The second-order valence-electron chi connectivity index (χ2n) is 17.8. The fourth-order valence-electron chi connectivity index (χ4n) is 7.86. The van der Waals surface area contributed by atoms with Gasteiger partial charge >= 0.3 is 11.9 Å². The van der Waals surface area contributed by atoms with Crippen LogP contribution in [-0.4, -0.2) is 37.9 Å². The number of hydrogen-bond donors (Lipinski definition) is 0. The highest BCUT2D eigenvalue weighted by Gasteiger charge is 2.17. The summed E-state index contributed by atoms with van der Waals surface area (Å²) in [6, 6.07) is 0. The fraction of sp³-hybridized carbons (Fsp3) is 0.925. The van der Waals surface area contributed by atoms with Crippen molar-refractivity contribution in [2.75, 3.05) is 19.8 Å². The van der Waals surface area contributed by atoms with E-state index in [1.165, 1.54) is 218 Å². The van der Waals surface area contributed by atoms with Crippen molar-refractivity contribution in [1.29, 1.82) is 0 Å². The largest absolute Gasteiger partial charge is 0.462 e. The molecule has 0 aromatic carbocycles. The van der Waals surface area contributed by atoms with Crippen molar-refractivity contribution in [2.45, 2.75) is 297 Å². The van der Waals surface area contributed by atoms with Gasteiger partial charge in [-0.2, -0.15) is 0 Å². The summed E-state index contributed by atoms with van der Waals surface area (Å²) in [5.41, 5.74) is 0. The van der Waals surface area contributed by atoms with E-state index in [1.54, 1.807) is 0 Å². The molecule has 0 saturated heterocycles. The lowest BCUT2D eigenvalue weighted by atomic mass is 10.0. The predicted octanol–water partition coefficient (Wildman–Crippen LogP) is 17.5. The Labute approximate surface area is 363 Å². The normalized spacial score (nSPS) is 12.1. The molecule has 0 spiro atoms. The van der Waals surface area contributed by atoms with Crippen molar-refractivity contribution in [2.24, 2.45) is 0 Å². The van der Waals surface area contributed by atoms with Crippen LogP contribution in [0.5, 0.6) is 0 Å². The number of carbonyl (C=O) groups is 2. The molecule has 5 nitrogen and oxygen atoms in total. The maximum Gasteiger partial charge on any atom is 0.306 e. The number of rotatable bonds is 49. The third-order valence-corrected chi connectivity index (χ3v) is 11.8. The zero-order valence-electron chi connectivity index (χ0n) is 39.6. The number of ether oxygens (including phenoxy) is 3. The first kappa shape index (κ1) is 56.6. The van der Waals surface area contributed by atoms with Crippen LogP contribution in [0, 0.1) is 0 Å². The molecule has 0 aliphatic carbocycles. The summed E-state index contributed by atoms with van der Waals surface area (Å²) in [5, 5.41) is 0. The number of hydrogen-bond acceptors (Lipinski definition) is 5. The molecule has 5 heteroatoms. The van der Waals surface area contributed by atoms with Gasteiger partial charge in [0.1, 0.15) is 6.61 Å². The molecule has 1 unspecified atom stereocenters. The van der Waals surface area contributed by atoms with E-state index in [4.69, 9.17) is 14.2 Å². The lowest BCUT2D eigenvalue weighted by molar-refractivity contribution is -0.163. The lowest BCUT2D eigenvalue weighted by Crippen LogP contribution is -2.30. The minimum Gasteiger partial charge on any atom is -0.462 e. The van der Waals surface area contributed by atoms with Crippen molar-refractivity contribution in [3.8, 4) is 0 Å². The molecule has 0 bridgehead atoms. The molecule has 0 aliphatic rings. The van der Waals surface area contributed by atoms with Crippen LogP contribution in [0.2, 0.25) is 0 Å². The van der Waals surface area contributed by atoms with Crippen molar-refractivity contribution in [1.82, 2.24) is 0 Å². The number of unbranched alkanes of at least 4 members (excludes halogenated alkanes) is 36. The van der Waals surface area contributed by atoms with Gasteiger partial charge < -0.3 is 14.2 Å². The Morgan fingerprint density at radius 2 is 0.672 bits per heavy atom. The van der Waals surface area contributed by atoms with Crippen LogP contribution < -0.4 is 0 Å². The smallest absolute Gasteiger partial charge is 0.306 e. The summed E-state index contributed by atoms with van der Waals surface area (Å²) >= 11 is 0. The van der Waals surface area contributed by atoms with E-state index < -0.39 is 6.10 Å². The predicted molar refractivity (Wildman–Crippen MR) is 252 cm³/mol. The highest BCUT2D eigenvalue weighted by Crippen LogP contribution is 2.16. The zero-order chi connectivity index (χ0) is 42.1. The van der Waals surface area contributed by atoms with Crippen LogP contribution in [0.4, 0.5) is 0 Å². The summed E-state index contributed by atoms with van der Waals surface area (Å²) < 4.78 is 17.4. The van der Waals surface area contributed by atoms with Crippen LogP contribution in [0.15, 0.2) is 12.2 Å². The summed E-state index contributed by atoms with van der Waals surface area (Å²) in [6.07, 6.45) is 56.4. The topological polar surface area (TPSA) is 61.8 Å². The van der Waals surface area contributed by atoms with Crippen LogP contribution >= 0.6 is 0 Å². The second-order valence-corrected chi connectivity index (χ2v) is 17.8. The molecular formula is C53H102O5. The molecule has 1 atom stereocenters. The Hall–Kier alpha value is -1.36. The number of allylic oxidation sites excluding steroid dienone is 2. The van der Waals surface area contributed by atoms with Crippen molar-refractivity contribution in [3.63, 3.8) is 0 Å². The SMILES string of the molecule is CCCCCCCC/C=C\CCCCCCCCOCC(COC(=O)CCCCCCCCCCCCCCCCC)OC(=O)CCCCCCCCCCCCC. The van der Waals surface area contributed by atoms with Crippen LogP contribution in [0.1, 0.15) is 290 Å². The molecule has 0 heterocycles. The maximum atomic E-state index is 12.8. The van der Waals surface area contributed by atoms with Gasteiger partial charge in [0.25, 0.3) is 0 Å². The Bertz CT molecular complexity index is 840. The van der Waals surface area contributed by atoms with Crippen LogP contribution in [0.3, 0.4) is 0 Å². The molecule has 0 N–H and O–H groups in total. The number of esters is 2. The average Bonchev–Trinajstić information content (AvgIpc) is 3.22. The lowest BCUT2D eigenvalue weighted by Gasteiger charge is -2.18. The number of carbonyl (C=O) groups excluding carboxylic acids is 2. The molecule has 0 aromatic heterocycles. The molecule has 0 saturated carbocycles. The molecule has 0 fully saturated rings. The third-order valence-electron chi connectivity index (χ3n) is 11.8. The minimum atomic E-state index is -0.528. The second kappa shape index (κ2) is 50.0. The molecular weight excluding hydrogens is 717 g/mol. The highest BCUT2D eigenvalue weighted by atomic mass is 16.6. The van der Waals surface area contributed by atoms with Crippen LogP contribution in [-0.2, 0) is 23.8 Å². The first-order chi connectivity index (χ1) is 28.6. The van der Waals surface area contributed by atoms with E-state index in [1.807, 2.05) is 0 Å². The van der Waals surface area contributed by atoms with E-state index in [9.17, 15) is 9.59 Å². The van der Waals surface area contributed by atoms with E-state index in [-0.39, 0.29) is 18.5 Å². The molecule has 344 valence electrons. The van der Waals surface area contributed by atoms with Gasteiger partial charge in [-0.25, -0.2) is 0 Å². The molecule has 0 amide bonds. The van der Waals surface area contributed by atoms with E-state index in [0.717, 1.165) is 38.5 Å². The maximum absolute atomic E-state index is 12.8. The van der Waals surface area contributed by atoms with Gasteiger partial charge in [0.15, 0.2) is 6.10 Å². The summed E-state index contributed by atoms with van der Waals surface area (Å²) in [5.74, 6) is -0.380. The van der Waals surface area contributed by atoms with Crippen molar-refractivity contribution in [3.05, 3.63) is 12.2 Å². The Kier molecular flexibility index (Phi) is 48.8. The summed E-state index contributed by atoms with van der Waals surface area (Å²) in [6.45, 7) is 7.87. The van der Waals surface area contributed by atoms with Gasteiger partial charge in [0.05, 0.1) is 6.61 Å². The van der Waals surface area contributed by atoms with E-state index in [0.29, 0.717) is 26.1 Å². The fourth-order valence-corrected chi connectivity index (χ4v) is 7.86. The first-order valence-corrected chi connectivity index (χ1v) is 26.2. The molecule has 58 heavy (non-hydrogen) atoms. The standard InChI is InChI=1S/C53H102O5/c1-4-7-10-13-16-19-22-24-26-28-30-33-36-39-42-45-48-56-49-51(58-53(55)47-44-41-38-35-31-21-18-15-12-9-6-3)50-57-52(54)46-43-40-37-34-32-29-27-25-23-20-17-14-11-8-5-2/h24,26,51H,4-23,25,27-50H2,1-3H3/b26-24-. The Morgan fingerprint density at radius 1 is 0.362 bits per heavy atom. The van der Waals surface area contributed by atoms with Gasteiger partial charge in [-0.15, -0.1) is 0 Å². The molecule has 0 rings (SSSR count). The Morgan fingerprint density at radius 3 is 1.05 bits per heavy atom. The average molecular weight is 819 g/mol. The van der Waals surface area contributed by atoms with Crippen molar-refractivity contribution < 1.29 is 23.8 Å². The van der Waals surface area contributed by atoms with Gasteiger partial charge in [0, 0.05) is 19.4 Å². The quantitative estimate of drug-likeness (QED) is 0.0348. The van der Waals surface area contributed by atoms with Gasteiger partial charge in [-0.05, 0) is 44.9 Å². The van der Waals surface area contributed by atoms with E-state index >= 15 is 0 Å². The minimum absolute atomic E-state index is 0.0922. The first-order valence-electron chi connectivity index (χ1n) is 26.2. The molecule has 0 radical (unpaired) electrons. The monoisotopic (exact) mass is 819 g/mol. The van der Waals surface area contributed by atoms with Gasteiger partial charge in [-0.1, -0.05) is 245 Å². The summed E-state index contributed by atoms with van der Waals surface area (Å²) in [7, 11) is 0. The zero-order valence-corrected chi connectivity index (χ0v) is 39.6. The summed E-state index contributed by atoms with van der Waals surface area (Å²) in [4.78, 5) is 25.3. The van der Waals surface area contributed by atoms with E-state index in [2.05, 4.69) is 32.9 Å². The van der Waals surface area contributed by atoms with Gasteiger partial charge in [-0.3, -0.25) is 9.59 Å². The highest BCUT2D eigenvalue weighted by molar-refractivity contribution is 5.70. The van der Waals surface area contributed by atoms with Gasteiger partial charge in [0.2, 0.25) is 0 Å². The van der Waals surface area contributed by atoms with Crippen LogP contribution in [0.25, 0.3) is 0 Å². The third kappa shape index (κ3) is 47.3. The van der Waals surface area contributed by atoms with Crippen molar-refractivity contribution >= 4 is 11.9 Å².